The SMILES string of the molecule is NCCC(=O)N1CCOCCOCCOCCOCC1. The topological polar surface area (TPSA) is 83.3 Å². The highest BCUT2D eigenvalue weighted by Crippen LogP contribution is 1.96. The first-order chi connectivity index (χ1) is 9.84. The summed E-state index contributed by atoms with van der Waals surface area (Å²) in [7, 11) is 0. The molecular formula is C13H26N2O5. The Kier molecular flexibility index (Phi) is 10.4. The van der Waals surface area contributed by atoms with Gasteiger partial charge in [-0.1, -0.05) is 0 Å². The van der Waals surface area contributed by atoms with Gasteiger partial charge < -0.3 is 29.6 Å². The zero-order valence-electron chi connectivity index (χ0n) is 12.1. The summed E-state index contributed by atoms with van der Waals surface area (Å²) < 4.78 is 21.5. The molecule has 0 saturated carbocycles. The van der Waals surface area contributed by atoms with E-state index >= 15 is 0 Å². The van der Waals surface area contributed by atoms with E-state index in [2.05, 4.69) is 0 Å². The minimum Gasteiger partial charge on any atom is -0.377 e. The highest BCUT2D eigenvalue weighted by atomic mass is 16.6. The quantitative estimate of drug-likeness (QED) is 0.720. The molecule has 7 nitrogen and oxygen atoms in total. The Balaban J connectivity index is 2.33. The van der Waals surface area contributed by atoms with Gasteiger partial charge in [-0.15, -0.1) is 0 Å². The van der Waals surface area contributed by atoms with Crippen molar-refractivity contribution in [1.82, 2.24) is 4.90 Å². The van der Waals surface area contributed by atoms with Crippen LogP contribution in [0.3, 0.4) is 0 Å². The Morgan fingerprint density at radius 2 is 1.20 bits per heavy atom. The maximum atomic E-state index is 11.9. The molecule has 0 spiro atoms. The smallest absolute Gasteiger partial charge is 0.223 e. The normalized spacial score (nSPS) is 20.9. The average molecular weight is 290 g/mol. The second-order valence-corrected chi connectivity index (χ2v) is 4.37. The van der Waals surface area contributed by atoms with Crippen molar-refractivity contribution in [2.75, 3.05) is 72.5 Å². The molecule has 0 aromatic carbocycles. The van der Waals surface area contributed by atoms with Crippen molar-refractivity contribution < 1.29 is 23.7 Å². The van der Waals surface area contributed by atoms with E-state index in [0.29, 0.717) is 78.9 Å². The summed E-state index contributed by atoms with van der Waals surface area (Å²) in [5.74, 6) is 0.0384. The lowest BCUT2D eigenvalue weighted by Crippen LogP contribution is -2.37. The van der Waals surface area contributed by atoms with Crippen molar-refractivity contribution >= 4 is 5.91 Å². The van der Waals surface area contributed by atoms with Crippen molar-refractivity contribution in [2.24, 2.45) is 5.73 Å². The number of rotatable bonds is 2. The number of carbonyl (C=O) groups is 1. The fourth-order valence-electron chi connectivity index (χ4n) is 1.75. The maximum Gasteiger partial charge on any atom is 0.223 e. The van der Waals surface area contributed by atoms with Crippen molar-refractivity contribution in [1.29, 1.82) is 0 Å². The van der Waals surface area contributed by atoms with Crippen LogP contribution in [0.4, 0.5) is 0 Å². The van der Waals surface area contributed by atoms with E-state index in [-0.39, 0.29) is 5.91 Å². The van der Waals surface area contributed by atoms with Gasteiger partial charge in [0.25, 0.3) is 0 Å². The summed E-state index contributed by atoms with van der Waals surface area (Å²) in [5, 5.41) is 0. The van der Waals surface area contributed by atoms with Crippen molar-refractivity contribution in [3.63, 3.8) is 0 Å². The van der Waals surface area contributed by atoms with Crippen LogP contribution >= 0.6 is 0 Å². The van der Waals surface area contributed by atoms with Gasteiger partial charge in [-0.05, 0) is 0 Å². The summed E-state index contributed by atoms with van der Waals surface area (Å²) in [4.78, 5) is 13.6. The molecule has 0 radical (unpaired) electrons. The molecule has 0 aromatic rings. The fourth-order valence-corrected chi connectivity index (χ4v) is 1.75. The summed E-state index contributed by atoms with van der Waals surface area (Å²) in [6.07, 6.45) is 0.353. The van der Waals surface area contributed by atoms with E-state index in [1.165, 1.54) is 0 Å². The standard InChI is InChI=1S/C13H26N2O5/c14-2-1-13(16)15-3-5-17-7-9-19-11-12-20-10-8-18-6-4-15/h1-12,14H2. The number of amides is 1. The maximum absolute atomic E-state index is 11.9. The van der Waals surface area contributed by atoms with Gasteiger partial charge in [0.1, 0.15) is 0 Å². The molecule has 0 aromatic heterocycles. The number of ether oxygens (including phenoxy) is 4. The van der Waals surface area contributed by atoms with Gasteiger partial charge in [0, 0.05) is 26.1 Å². The molecule has 1 fully saturated rings. The highest BCUT2D eigenvalue weighted by Gasteiger charge is 2.12. The molecule has 0 unspecified atom stereocenters. The van der Waals surface area contributed by atoms with E-state index in [9.17, 15) is 4.79 Å². The highest BCUT2D eigenvalue weighted by molar-refractivity contribution is 5.76. The van der Waals surface area contributed by atoms with Crippen LogP contribution in [0.2, 0.25) is 0 Å². The second kappa shape index (κ2) is 12.0. The number of hydrogen-bond donors (Lipinski definition) is 1. The lowest BCUT2D eigenvalue weighted by molar-refractivity contribution is -0.132. The lowest BCUT2D eigenvalue weighted by atomic mass is 10.3. The zero-order valence-corrected chi connectivity index (χ0v) is 12.1. The van der Waals surface area contributed by atoms with Crippen LogP contribution in [-0.4, -0.2) is 83.3 Å². The molecule has 118 valence electrons. The van der Waals surface area contributed by atoms with Gasteiger partial charge in [0.2, 0.25) is 5.91 Å². The van der Waals surface area contributed by atoms with Gasteiger partial charge >= 0.3 is 0 Å². The van der Waals surface area contributed by atoms with Gasteiger partial charge in [-0.3, -0.25) is 4.79 Å². The fraction of sp³-hybridized carbons (Fsp3) is 0.923. The molecule has 1 aliphatic heterocycles. The van der Waals surface area contributed by atoms with Crippen LogP contribution < -0.4 is 5.73 Å². The Morgan fingerprint density at radius 1 is 0.800 bits per heavy atom. The van der Waals surface area contributed by atoms with Crippen molar-refractivity contribution in [2.45, 2.75) is 6.42 Å². The Labute approximate surface area is 120 Å². The van der Waals surface area contributed by atoms with Gasteiger partial charge in [0.05, 0.1) is 52.9 Å². The van der Waals surface area contributed by atoms with Crippen LogP contribution in [0, 0.1) is 0 Å². The average Bonchev–Trinajstić information content (AvgIpc) is 2.45. The van der Waals surface area contributed by atoms with Gasteiger partial charge in [0.15, 0.2) is 0 Å². The van der Waals surface area contributed by atoms with Crippen LogP contribution in [0.5, 0.6) is 0 Å². The van der Waals surface area contributed by atoms with Crippen LogP contribution in [0.25, 0.3) is 0 Å². The third-order valence-electron chi connectivity index (χ3n) is 2.84. The van der Waals surface area contributed by atoms with Gasteiger partial charge in [-0.2, -0.15) is 0 Å². The third kappa shape index (κ3) is 8.44. The molecule has 0 aliphatic carbocycles. The molecule has 0 atom stereocenters. The molecule has 0 bridgehead atoms. The monoisotopic (exact) mass is 290 g/mol. The minimum atomic E-state index is 0.0384. The Bertz CT molecular complexity index is 237. The Morgan fingerprint density at radius 3 is 1.60 bits per heavy atom. The first-order valence-electron chi connectivity index (χ1n) is 7.13. The van der Waals surface area contributed by atoms with Crippen LogP contribution in [0.15, 0.2) is 0 Å². The van der Waals surface area contributed by atoms with E-state index in [4.69, 9.17) is 24.7 Å². The summed E-state index contributed by atoms with van der Waals surface area (Å²) in [5.41, 5.74) is 5.42. The zero-order chi connectivity index (χ0) is 14.5. The van der Waals surface area contributed by atoms with Crippen LogP contribution in [-0.2, 0) is 23.7 Å². The van der Waals surface area contributed by atoms with Crippen LogP contribution in [0.1, 0.15) is 6.42 Å². The molecule has 1 rings (SSSR count). The van der Waals surface area contributed by atoms with Gasteiger partial charge in [-0.25, -0.2) is 0 Å². The molecule has 7 heteroatoms. The third-order valence-corrected chi connectivity index (χ3v) is 2.84. The first kappa shape index (κ1) is 17.3. The van der Waals surface area contributed by atoms with E-state index < -0.39 is 0 Å². The van der Waals surface area contributed by atoms with E-state index in [0.717, 1.165) is 0 Å². The van der Waals surface area contributed by atoms with E-state index in [1.54, 1.807) is 4.90 Å². The molecule has 20 heavy (non-hydrogen) atoms. The molecule has 1 heterocycles. The lowest BCUT2D eigenvalue weighted by Gasteiger charge is -2.22. The predicted molar refractivity (Wildman–Crippen MR) is 73.5 cm³/mol. The van der Waals surface area contributed by atoms with E-state index in [1.807, 2.05) is 0 Å². The molecule has 2 N–H and O–H groups in total. The number of carbonyl (C=O) groups excluding carboxylic acids is 1. The molecular weight excluding hydrogens is 264 g/mol. The Hall–Kier alpha value is -0.730. The predicted octanol–water partition coefficient (Wildman–Crippen LogP) is -0.756. The minimum absolute atomic E-state index is 0.0384. The summed E-state index contributed by atoms with van der Waals surface area (Å²) in [6, 6.07) is 0. The number of nitrogens with zero attached hydrogens (tertiary/aromatic N) is 1. The number of nitrogens with two attached hydrogens (primary N) is 1. The largest absolute Gasteiger partial charge is 0.377 e. The second-order valence-electron chi connectivity index (χ2n) is 4.37. The summed E-state index contributed by atoms with van der Waals surface area (Å²) in [6.45, 7) is 5.70. The molecule has 1 saturated heterocycles. The number of hydrogen-bond acceptors (Lipinski definition) is 6. The molecule has 1 aliphatic rings. The van der Waals surface area contributed by atoms with Crippen molar-refractivity contribution in [3.8, 4) is 0 Å². The first-order valence-corrected chi connectivity index (χ1v) is 7.13. The molecule has 1 amide bonds. The van der Waals surface area contributed by atoms with Crippen molar-refractivity contribution in [3.05, 3.63) is 0 Å². The summed E-state index contributed by atoms with van der Waals surface area (Å²) >= 11 is 0.